The van der Waals surface area contributed by atoms with Gasteiger partial charge >= 0.3 is 0 Å². The Morgan fingerprint density at radius 1 is 1.24 bits per heavy atom. The summed E-state index contributed by atoms with van der Waals surface area (Å²) in [4.78, 5) is 0. The minimum atomic E-state index is -0.579. The van der Waals surface area contributed by atoms with Crippen molar-refractivity contribution in [2.24, 2.45) is 0 Å². The van der Waals surface area contributed by atoms with Crippen molar-refractivity contribution in [2.75, 3.05) is 21.0 Å². The molecule has 1 N–H and O–H groups in total. The topological polar surface area (TPSA) is 47.9 Å². The first kappa shape index (κ1) is 15.6. The Kier molecular flexibility index (Phi) is 5.04. The largest absolute Gasteiger partial charge is 0.493 e. The summed E-state index contributed by atoms with van der Waals surface area (Å²) < 4.78 is 16.2. The molecule has 0 aromatic heterocycles. The molecule has 0 saturated carbocycles. The molecule has 0 heterocycles. The molecule has 1 atom stereocenters. The zero-order valence-corrected chi connectivity index (χ0v) is 13.0. The molecule has 0 aliphatic heterocycles. The Balaban J connectivity index is 2.81. The second-order valence-corrected chi connectivity index (χ2v) is 4.92. The molecular formula is C17H22O4. The predicted molar refractivity (Wildman–Crippen MR) is 83.0 cm³/mol. The van der Waals surface area contributed by atoms with Crippen molar-refractivity contribution in [1.82, 2.24) is 0 Å². The van der Waals surface area contributed by atoms with E-state index in [1.807, 2.05) is 18.2 Å². The Labute approximate surface area is 125 Å². The summed E-state index contributed by atoms with van der Waals surface area (Å²) in [5, 5.41) is 12.0. The highest BCUT2D eigenvalue weighted by molar-refractivity contribution is 5.96. The summed E-state index contributed by atoms with van der Waals surface area (Å²) >= 11 is 0. The van der Waals surface area contributed by atoms with Gasteiger partial charge in [0.15, 0.2) is 18.3 Å². The van der Waals surface area contributed by atoms with Gasteiger partial charge in [-0.2, -0.15) is 0 Å². The number of aryl methyl sites for hydroxylation is 1. The molecular weight excluding hydrogens is 268 g/mol. The summed E-state index contributed by atoms with van der Waals surface area (Å²) in [5.74, 6) is 1.27. The number of aliphatic hydroxyl groups is 1. The molecule has 4 heteroatoms. The molecule has 2 rings (SSSR count). The Hall–Kier alpha value is -1.78. The SMILES string of the molecule is CCc1cccc2c(C(C)O)cc(OC)c(OCOC)c12. The molecule has 2 aromatic carbocycles. The van der Waals surface area contributed by atoms with Crippen LogP contribution >= 0.6 is 0 Å². The van der Waals surface area contributed by atoms with E-state index >= 15 is 0 Å². The van der Waals surface area contributed by atoms with Crippen LogP contribution in [0.1, 0.15) is 31.1 Å². The Bertz CT molecular complexity index is 620. The van der Waals surface area contributed by atoms with Crippen molar-refractivity contribution >= 4 is 10.8 Å². The van der Waals surface area contributed by atoms with Crippen LogP contribution in [0.4, 0.5) is 0 Å². The lowest BCUT2D eigenvalue weighted by molar-refractivity contribution is 0.0502. The molecule has 0 spiro atoms. The van der Waals surface area contributed by atoms with E-state index < -0.39 is 6.10 Å². The van der Waals surface area contributed by atoms with Gasteiger partial charge in [0.1, 0.15) is 0 Å². The van der Waals surface area contributed by atoms with Gasteiger partial charge in [0, 0.05) is 12.5 Å². The molecule has 4 nitrogen and oxygen atoms in total. The van der Waals surface area contributed by atoms with Gasteiger partial charge in [0.25, 0.3) is 0 Å². The van der Waals surface area contributed by atoms with Gasteiger partial charge in [-0.15, -0.1) is 0 Å². The monoisotopic (exact) mass is 290 g/mol. The highest BCUT2D eigenvalue weighted by atomic mass is 16.7. The molecule has 0 saturated heterocycles. The second kappa shape index (κ2) is 6.78. The molecule has 0 amide bonds. The first-order chi connectivity index (χ1) is 10.1. The first-order valence-corrected chi connectivity index (χ1v) is 7.06. The van der Waals surface area contributed by atoms with E-state index in [9.17, 15) is 5.11 Å². The average Bonchev–Trinajstić information content (AvgIpc) is 2.50. The van der Waals surface area contributed by atoms with E-state index in [0.717, 1.165) is 28.3 Å². The van der Waals surface area contributed by atoms with Crippen LogP contribution < -0.4 is 9.47 Å². The zero-order valence-electron chi connectivity index (χ0n) is 13.0. The third kappa shape index (κ3) is 2.96. The predicted octanol–water partition coefficient (Wildman–Crippen LogP) is 3.45. The van der Waals surface area contributed by atoms with Crippen LogP contribution in [-0.2, 0) is 11.2 Å². The van der Waals surface area contributed by atoms with E-state index in [1.165, 1.54) is 0 Å². The normalized spacial score (nSPS) is 12.4. The summed E-state index contributed by atoms with van der Waals surface area (Å²) in [6, 6.07) is 7.89. The van der Waals surface area contributed by atoms with Gasteiger partial charge in [-0.25, -0.2) is 0 Å². The Morgan fingerprint density at radius 2 is 2.00 bits per heavy atom. The maximum atomic E-state index is 10.1. The van der Waals surface area contributed by atoms with Crippen molar-refractivity contribution in [3.8, 4) is 11.5 Å². The van der Waals surface area contributed by atoms with E-state index in [4.69, 9.17) is 14.2 Å². The van der Waals surface area contributed by atoms with Crippen molar-refractivity contribution in [3.05, 3.63) is 35.4 Å². The summed E-state index contributed by atoms with van der Waals surface area (Å²) in [6.07, 6.45) is 0.289. The molecule has 114 valence electrons. The van der Waals surface area contributed by atoms with Crippen LogP contribution in [0.15, 0.2) is 24.3 Å². The zero-order chi connectivity index (χ0) is 15.4. The third-order valence-electron chi connectivity index (χ3n) is 3.57. The average molecular weight is 290 g/mol. The van der Waals surface area contributed by atoms with E-state index in [-0.39, 0.29) is 6.79 Å². The Morgan fingerprint density at radius 3 is 2.57 bits per heavy atom. The number of benzene rings is 2. The number of ether oxygens (including phenoxy) is 3. The fourth-order valence-electron chi connectivity index (χ4n) is 2.57. The number of hydrogen-bond acceptors (Lipinski definition) is 4. The highest BCUT2D eigenvalue weighted by Gasteiger charge is 2.18. The van der Waals surface area contributed by atoms with Gasteiger partial charge in [-0.05, 0) is 35.9 Å². The van der Waals surface area contributed by atoms with E-state index in [0.29, 0.717) is 11.5 Å². The standard InChI is InChI=1S/C17H22O4/c1-5-12-7-6-8-13-14(11(2)18)9-15(20-4)17(16(12)13)21-10-19-3/h6-9,11,18H,5,10H2,1-4H3. The molecule has 0 aliphatic rings. The van der Waals surface area contributed by atoms with Gasteiger partial charge in [-0.1, -0.05) is 25.1 Å². The van der Waals surface area contributed by atoms with Gasteiger partial charge in [0.05, 0.1) is 13.2 Å². The molecule has 21 heavy (non-hydrogen) atoms. The van der Waals surface area contributed by atoms with Crippen LogP contribution in [0, 0.1) is 0 Å². The van der Waals surface area contributed by atoms with Crippen LogP contribution in [0.2, 0.25) is 0 Å². The maximum absolute atomic E-state index is 10.1. The van der Waals surface area contributed by atoms with E-state index in [2.05, 4.69) is 13.0 Å². The summed E-state index contributed by atoms with van der Waals surface area (Å²) in [5.41, 5.74) is 1.99. The highest BCUT2D eigenvalue weighted by Crippen LogP contribution is 2.41. The van der Waals surface area contributed by atoms with Crippen molar-refractivity contribution < 1.29 is 19.3 Å². The second-order valence-electron chi connectivity index (χ2n) is 4.92. The van der Waals surface area contributed by atoms with Crippen LogP contribution in [0.25, 0.3) is 10.8 Å². The first-order valence-electron chi connectivity index (χ1n) is 7.06. The molecule has 0 radical (unpaired) electrons. The molecule has 0 aliphatic carbocycles. The lowest BCUT2D eigenvalue weighted by Crippen LogP contribution is -2.04. The number of fused-ring (bicyclic) bond motifs is 1. The molecule has 2 aromatic rings. The lowest BCUT2D eigenvalue weighted by atomic mass is 9.95. The minimum Gasteiger partial charge on any atom is -0.493 e. The molecule has 0 fully saturated rings. The maximum Gasteiger partial charge on any atom is 0.188 e. The smallest absolute Gasteiger partial charge is 0.188 e. The van der Waals surface area contributed by atoms with Crippen LogP contribution in [0.3, 0.4) is 0 Å². The minimum absolute atomic E-state index is 0.150. The van der Waals surface area contributed by atoms with Crippen LogP contribution in [-0.4, -0.2) is 26.1 Å². The van der Waals surface area contributed by atoms with Crippen molar-refractivity contribution in [2.45, 2.75) is 26.4 Å². The van der Waals surface area contributed by atoms with Gasteiger partial charge in [0.2, 0.25) is 0 Å². The number of aliphatic hydroxyl groups excluding tert-OH is 1. The van der Waals surface area contributed by atoms with Crippen LogP contribution in [0.5, 0.6) is 11.5 Å². The number of methoxy groups -OCH3 is 2. The van der Waals surface area contributed by atoms with Crippen molar-refractivity contribution in [1.29, 1.82) is 0 Å². The van der Waals surface area contributed by atoms with Gasteiger partial charge in [-0.3, -0.25) is 0 Å². The number of rotatable bonds is 6. The van der Waals surface area contributed by atoms with Crippen molar-refractivity contribution in [3.63, 3.8) is 0 Å². The quantitative estimate of drug-likeness (QED) is 0.828. The fraction of sp³-hybridized carbons (Fsp3) is 0.412. The third-order valence-corrected chi connectivity index (χ3v) is 3.57. The summed E-state index contributed by atoms with van der Waals surface area (Å²) in [7, 11) is 3.18. The van der Waals surface area contributed by atoms with Gasteiger partial charge < -0.3 is 19.3 Å². The fourth-order valence-corrected chi connectivity index (χ4v) is 2.57. The molecule has 0 bridgehead atoms. The lowest BCUT2D eigenvalue weighted by Gasteiger charge is -2.19. The number of hydrogen-bond donors (Lipinski definition) is 1. The van der Waals surface area contributed by atoms with E-state index in [1.54, 1.807) is 21.1 Å². The summed E-state index contributed by atoms with van der Waals surface area (Å²) in [6.45, 7) is 4.00. The molecule has 1 unspecified atom stereocenters.